The van der Waals surface area contributed by atoms with E-state index in [0.717, 1.165) is 58.3 Å². The van der Waals surface area contributed by atoms with Gasteiger partial charge >= 0.3 is 7.32 Å². The Labute approximate surface area is 113 Å². The summed E-state index contributed by atoms with van der Waals surface area (Å²) >= 11 is 0. The van der Waals surface area contributed by atoms with Crippen molar-refractivity contribution in [1.29, 1.82) is 0 Å². The van der Waals surface area contributed by atoms with Gasteiger partial charge in [-0.25, -0.2) is 0 Å². The Hall–Kier alpha value is -0.175. The molecule has 3 saturated heterocycles. The van der Waals surface area contributed by atoms with E-state index in [1.165, 1.54) is 0 Å². The second-order valence-electron chi connectivity index (χ2n) is 5.02. The maximum atomic E-state index is 5.71. The average Bonchev–Trinajstić information content (AvgIpc) is 3.10. The van der Waals surface area contributed by atoms with Gasteiger partial charge in [0.25, 0.3) is 0 Å². The highest BCUT2D eigenvalue weighted by Crippen LogP contribution is 2.22. The van der Waals surface area contributed by atoms with Crippen LogP contribution >= 0.6 is 0 Å². The summed E-state index contributed by atoms with van der Waals surface area (Å²) in [6, 6.07) is 0. The summed E-state index contributed by atoms with van der Waals surface area (Å²) in [6.45, 7) is 2.20. The predicted octanol–water partition coefficient (Wildman–Crippen LogP) is 1.43. The van der Waals surface area contributed by atoms with E-state index < -0.39 is 7.32 Å². The van der Waals surface area contributed by atoms with Crippen LogP contribution in [0, 0.1) is 0 Å². The minimum atomic E-state index is -0.769. The number of hydrogen-bond donors (Lipinski definition) is 0. The zero-order valence-corrected chi connectivity index (χ0v) is 11.1. The van der Waals surface area contributed by atoms with Gasteiger partial charge in [0.2, 0.25) is 0 Å². The lowest BCUT2D eigenvalue weighted by molar-refractivity contribution is -0.147. The van der Waals surface area contributed by atoms with Gasteiger partial charge in [0.15, 0.2) is 0 Å². The van der Waals surface area contributed by atoms with E-state index in [2.05, 4.69) is 0 Å². The maximum Gasteiger partial charge on any atom is 0.645 e. The van der Waals surface area contributed by atoms with Crippen molar-refractivity contribution in [2.24, 2.45) is 0 Å². The minimum absolute atomic E-state index is 0.243. The summed E-state index contributed by atoms with van der Waals surface area (Å²) in [5.41, 5.74) is 0. The molecule has 0 N–H and O–H groups in total. The van der Waals surface area contributed by atoms with Gasteiger partial charge in [-0.2, -0.15) is 0 Å². The van der Waals surface area contributed by atoms with Crippen LogP contribution in [0.3, 0.4) is 0 Å². The van der Waals surface area contributed by atoms with Gasteiger partial charge in [0, 0.05) is 19.8 Å². The monoisotopic (exact) mass is 272 g/mol. The van der Waals surface area contributed by atoms with E-state index in [4.69, 9.17) is 28.2 Å². The highest BCUT2D eigenvalue weighted by molar-refractivity contribution is 6.36. The van der Waals surface area contributed by atoms with Crippen molar-refractivity contribution in [3.63, 3.8) is 0 Å². The molecule has 0 aromatic heterocycles. The molecule has 0 radical (unpaired) electrons. The molecule has 3 aliphatic heterocycles. The van der Waals surface area contributed by atoms with Crippen LogP contribution in [0.25, 0.3) is 0 Å². The van der Waals surface area contributed by atoms with Gasteiger partial charge in [-0.15, -0.1) is 0 Å². The molecule has 3 unspecified atom stereocenters. The summed E-state index contributed by atoms with van der Waals surface area (Å²) in [7, 11) is -0.769. The molecule has 0 aliphatic carbocycles. The fourth-order valence-electron chi connectivity index (χ4n) is 2.43. The second kappa shape index (κ2) is 7.01. The minimum Gasteiger partial charge on any atom is -0.359 e. The molecule has 0 saturated carbocycles. The molecule has 0 spiro atoms. The summed E-state index contributed by atoms with van der Waals surface area (Å²) in [4.78, 5) is 0. The Morgan fingerprint density at radius 2 is 1.00 bits per heavy atom. The van der Waals surface area contributed by atoms with Gasteiger partial charge < -0.3 is 28.2 Å². The van der Waals surface area contributed by atoms with E-state index in [-0.39, 0.29) is 18.9 Å². The van der Waals surface area contributed by atoms with E-state index in [1.807, 2.05) is 0 Å². The molecule has 3 aliphatic rings. The van der Waals surface area contributed by atoms with E-state index in [0.29, 0.717) is 0 Å². The standard InChI is InChI=1S/C12H21BO6/c1-4-10(14-7-1)17-13(18-11-5-2-8-15-11)19-12-6-3-9-16-12/h10-12H,1-9H2. The van der Waals surface area contributed by atoms with Crippen LogP contribution in [0.1, 0.15) is 38.5 Å². The lowest BCUT2D eigenvalue weighted by atomic mass is 10.2. The zero-order valence-electron chi connectivity index (χ0n) is 11.1. The first-order valence-corrected chi connectivity index (χ1v) is 7.21. The molecule has 7 heteroatoms. The SMILES string of the molecule is C1COC(OB(OC2CCCO2)OC2CCCO2)C1. The normalized spacial score (nSPS) is 35.1. The third-order valence-corrected chi connectivity index (χ3v) is 3.45. The molecular weight excluding hydrogens is 251 g/mol. The summed E-state index contributed by atoms with van der Waals surface area (Å²) < 4.78 is 33.5. The van der Waals surface area contributed by atoms with Crippen LogP contribution in [-0.4, -0.2) is 46.0 Å². The van der Waals surface area contributed by atoms with Gasteiger partial charge in [0.1, 0.15) is 18.9 Å². The first kappa shape index (κ1) is 13.8. The van der Waals surface area contributed by atoms with Crippen molar-refractivity contribution in [2.75, 3.05) is 19.8 Å². The molecule has 6 nitrogen and oxygen atoms in total. The van der Waals surface area contributed by atoms with Crippen molar-refractivity contribution in [3.05, 3.63) is 0 Å². The number of hydrogen-bond acceptors (Lipinski definition) is 6. The van der Waals surface area contributed by atoms with E-state index in [1.54, 1.807) is 0 Å². The van der Waals surface area contributed by atoms with E-state index >= 15 is 0 Å². The fourth-order valence-corrected chi connectivity index (χ4v) is 2.43. The molecule has 3 atom stereocenters. The van der Waals surface area contributed by atoms with Crippen molar-refractivity contribution >= 4 is 7.32 Å². The highest BCUT2D eigenvalue weighted by Gasteiger charge is 2.36. The predicted molar refractivity (Wildman–Crippen MR) is 65.9 cm³/mol. The third kappa shape index (κ3) is 4.14. The van der Waals surface area contributed by atoms with Crippen molar-refractivity contribution < 1.29 is 28.2 Å². The quantitative estimate of drug-likeness (QED) is 0.682. The molecule has 3 fully saturated rings. The number of rotatable bonds is 6. The van der Waals surface area contributed by atoms with Gasteiger partial charge in [-0.3, -0.25) is 0 Å². The molecule has 3 heterocycles. The Balaban J connectivity index is 1.49. The molecule has 0 bridgehead atoms. The Morgan fingerprint density at radius 3 is 1.26 bits per heavy atom. The fraction of sp³-hybridized carbons (Fsp3) is 1.00. The molecule has 3 rings (SSSR count). The largest absolute Gasteiger partial charge is 0.645 e. The lowest BCUT2D eigenvalue weighted by Gasteiger charge is -2.23. The molecule has 19 heavy (non-hydrogen) atoms. The smallest absolute Gasteiger partial charge is 0.359 e. The molecule has 108 valence electrons. The highest BCUT2D eigenvalue weighted by atomic mass is 16.8. The summed E-state index contributed by atoms with van der Waals surface area (Å²) in [5, 5.41) is 0. The zero-order chi connectivity index (χ0) is 12.9. The van der Waals surface area contributed by atoms with E-state index in [9.17, 15) is 0 Å². The first-order chi connectivity index (χ1) is 9.40. The van der Waals surface area contributed by atoms with Gasteiger partial charge in [0.05, 0.1) is 0 Å². The molecule has 0 aromatic carbocycles. The van der Waals surface area contributed by atoms with Crippen LogP contribution in [0.5, 0.6) is 0 Å². The van der Waals surface area contributed by atoms with Crippen LogP contribution in [0.4, 0.5) is 0 Å². The molecule has 0 aromatic rings. The molecule has 0 amide bonds. The van der Waals surface area contributed by atoms with Crippen molar-refractivity contribution in [3.8, 4) is 0 Å². The van der Waals surface area contributed by atoms with Crippen LogP contribution in [0.2, 0.25) is 0 Å². The second-order valence-corrected chi connectivity index (χ2v) is 5.02. The van der Waals surface area contributed by atoms with Crippen molar-refractivity contribution in [2.45, 2.75) is 57.4 Å². The van der Waals surface area contributed by atoms with Crippen LogP contribution in [0.15, 0.2) is 0 Å². The Kier molecular flexibility index (Phi) is 5.09. The van der Waals surface area contributed by atoms with Gasteiger partial charge in [-0.05, 0) is 38.5 Å². The average molecular weight is 272 g/mol. The Morgan fingerprint density at radius 1 is 0.632 bits per heavy atom. The summed E-state index contributed by atoms with van der Waals surface area (Å²) in [6.07, 6.45) is 4.93. The van der Waals surface area contributed by atoms with Crippen LogP contribution in [-0.2, 0) is 28.2 Å². The number of ether oxygens (including phenoxy) is 3. The third-order valence-electron chi connectivity index (χ3n) is 3.45. The first-order valence-electron chi connectivity index (χ1n) is 7.21. The topological polar surface area (TPSA) is 55.4 Å². The Bertz CT molecular complexity index is 218. The van der Waals surface area contributed by atoms with Crippen molar-refractivity contribution in [1.82, 2.24) is 0 Å². The summed E-state index contributed by atoms with van der Waals surface area (Å²) in [5.74, 6) is 0. The lowest BCUT2D eigenvalue weighted by Crippen LogP contribution is -2.38. The maximum absolute atomic E-state index is 5.71. The van der Waals surface area contributed by atoms with Crippen LogP contribution < -0.4 is 0 Å². The molecular formula is C12H21BO6. The van der Waals surface area contributed by atoms with Gasteiger partial charge in [-0.1, -0.05) is 0 Å².